The molecule has 4 atom stereocenters. The summed E-state index contributed by atoms with van der Waals surface area (Å²) in [5.41, 5.74) is 0.675. The third kappa shape index (κ3) is 2.43. The zero-order chi connectivity index (χ0) is 17.8. The third-order valence-electron chi connectivity index (χ3n) is 5.61. The Morgan fingerprint density at radius 3 is 1.85 bits per heavy atom. The molecule has 0 N–H and O–H groups in total. The van der Waals surface area contributed by atoms with Crippen LogP contribution in [0.15, 0.2) is 70.5 Å². The second kappa shape index (κ2) is 6.00. The first-order chi connectivity index (χ1) is 12.6. The van der Waals surface area contributed by atoms with E-state index in [1.165, 1.54) is 4.90 Å². The van der Waals surface area contributed by atoms with E-state index < -0.39 is 0 Å². The quantitative estimate of drug-likeness (QED) is 0.566. The number of hydrogen-bond donors (Lipinski definition) is 0. The molecule has 0 spiro atoms. The Hall–Kier alpha value is -2.04. The van der Waals surface area contributed by atoms with Crippen molar-refractivity contribution in [3.05, 3.63) is 65.7 Å². The lowest BCUT2D eigenvalue weighted by atomic mass is 9.85. The highest BCUT2D eigenvalue weighted by Gasteiger charge is 2.59. The topological polar surface area (TPSA) is 37.4 Å². The van der Waals surface area contributed by atoms with E-state index >= 15 is 0 Å². The summed E-state index contributed by atoms with van der Waals surface area (Å²) in [6.45, 7) is 0. The molecule has 2 bridgehead atoms. The van der Waals surface area contributed by atoms with E-state index in [0.717, 1.165) is 16.2 Å². The molecule has 0 unspecified atom stereocenters. The van der Waals surface area contributed by atoms with Crippen LogP contribution in [0.3, 0.4) is 0 Å². The van der Waals surface area contributed by atoms with Gasteiger partial charge in [-0.15, -0.1) is 0 Å². The van der Waals surface area contributed by atoms with E-state index in [0.29, 0.717) is 10.7 Å². The lowest BCUT2D eigenvalue weighted by molar-refractivity contribution is -0.123. The number of rotatable bonds is 3. The average Bonchev–Trinajstić information content (AvgIpc) is 3.32. The highest BCUT2D eigenvalue weighted by atomic mass is 35.5. The Balaban J connectivity index is 1.37. The van der Waals surface area contributed by atoms with Crippen molar-refractivity contribution >= 4 is 40.9 Å². The first-order valence-corrected chi connectivity index (χ1v) is 9.91. The highest BCUT2D eigenvalue weighted by Crippen LogP contribution is 2.53. The van der Waals surface area contributed by atoms with Crippen molar-refractivity contribution < 1.29 is 9.59 Å². The fourth-order valence-electron chi connectivity index (χ4n) is 4.46. The van der Waals surface area contributed by atoms with Crippen molar-refractivity contribution in [3.63, 3.8) is 0 Å². The standard InChI is InChI=1S/C21H16ClNO2S/c22-14-3-7-16(8-4-14)26-17-9-5-15(6-10-17)23-20(24)18-12-1-2-13(11-12)19(18)21(23)25/h1-10,12-13,18-19H,11H2/t12-,13-,18-,19-/m0/s1. The van der Waals surface area contributed by atoms with Gasteiger partial charge in [-0.2, -0.15) is 0 Å². The molecule has 3 nitrogen and oxygen atoms in total. The van der Waals surface area contributed by atoms with E-state index in [1.54, 1.807) is 11.8 Å². The summed E-state index contributed by atoms with van der Waals surface area (Å²) < 4.78 is 0. The summed E-state index contributed by atoms with van der Waals surface area (Å²) in [6, 6.07) is 15.3. The molecule has 1 aliphatic heterocycles. The molecule has 1 saturated heterocycles. The zero-order valence-electron chi connectivity index (χ0n) is 13.8. The number of amides is 2. The summed E-state index contributed by atoms with van der Waals surface area (Å²) >= 11 is 7.54. The molecule has 130 valence electrons. The van der Waals surface area contributed by atoms with Crippen molar-refractivity contribution in [1.29, 1.82) is 0 Å². The zero-order valence-corrected chi connectivity index (χ0v) is 15.4. The van der Waals surface area contributed by atoms with Crippen LogP contribution >= 0.6 is 23.4 Å². The summed E-state index contributed by atoms with van der Waals surface area (Å²) in [6.07, 6.45) is 5.19. The molecular weight excluding hydrogens is 366 g/mol. The van der Waals surface area contributed by atoms with Crippen LogP contribution in [0.2, 0.25) is 5.02 Å². The predicted octanol–water partition coefficient (Wildman–Crippen LogP) is 4.80. The van der Waals surface area contributed by atoms with Gasteiger partial charge in [-0.05, 0) is 66.8 Å². The Morgan fingerprint density at radius 2 is 1.31 bits per heavy atom. The number of benzene rings is 2. The van der Waals surface area contributed by atoms with Crippen molar-refractivity contribution in [2.75, 3.05) is 4.90 Å². The molecule has 2 aliphatic carbocycles. The van der Waals surface area contributed by atoms with E-state index in [1.807, 2.05) is 48.5 Å². The molecule has 1 heterocycles. The van der Waals surface area contributed by atoms with E-state index in [9.17, 15) is 9.59 Å². The second-order valence-electron chi connectivity index (χ2n) is 7.06. The largest absolute Gasteiger partial charge is 0.274 e. The molecule has 5 rings (SSSR count). The van der Waals surface area contributed by atoms with Gasteiger partial charge in [0.2, 0.25) is 11.8 Å². The smallest absolute Gasteiger partial charge is 0.238 e. The van der Waals surface area contributed by atoms with Gasteiger partial charge in [0.25, 0.3) is 0 Å². The number of allylic oxidation sites excluding steroid dienone is 2. The highest BCUT2D eigenvalue weighted by molar-refractivity contribution is 7.99. The SMILES string of the molecule is O=C1[C@@H]2[C@@H](C(=O)N1c1ccc(Sc3ccc(Cl)cc3)cc1)[C@H]1C=C[C@H]2C1. The van der Waals surface area contributed by atoms with Crippen LogP contribution in [0.25, 0.3) is 0 Å². The molecule has 3 aliphatic rings. The lowest BCUT2D eigenvalue weighted by Crippen LogP contribution is -2.32. The van der Waals surface area contributed by atoms with Crippen LogP contribution in [0, 0.1) is 23.7 Å². The molecule has 2 amide bonds. The van der Waals surface area contributed by atoms with Gasteiger partial charge in [0, 0.05) is 14.8 Å². The Bertz CT molecular complexity index is 892. The molecule has 5 heteroatoms. The molecule has 26 heavy (non-hydrogen) atoms. The Labute approximate surface area is 161 Å². The number of hydrogen-bond acceptors (Lipinski definition) is 3. The number of nitrogens with zero attached hydrogens (tertiary/aromatic N) is 1. The minimum absolute atomic E-state index is 0.0324. The lowest BCUT2D eigenvalue weighted by Gasteiger charge is -2.17. The monoisotopic (exact) mass is 381 g/mol. The van der Waals surface area contributed by atoms with Crippen molar-refractivity contribution in [2.45, 2.75) is 16.2 Å². The van der Waals surface area contributed by atoms with Gasteiger partial charge in [-0.1, -0.05) is 35.5 Å². The second-order valence-corrected chi connectivity index (χ2v) is 8.65. The molecule has 2 aromatic carbocycles. The third-order valence-corrected chi connectivity index (χ3v) is 6.88. The van der Waals surface area contributed by atoms with Crippen molar-refractivity contribution in [3.8, 4) is 0 Å². The number of anilines is 1. The van der Waals surface area contributed by atoms with Crippen LogP contribution in [0.4, 0.5) is 5.69 Å². The summed E-state index contributed by atoms with van der Waals surface area (Å²) in [4.78, 5) is 29.2. The molecule has 0 aromatic heterocycles. The van der Waals surface area contributed by atoms with Crippen molar-refractivity contribution in [1.82, 2.24) is 0 Å². The average molecular weight is 382 g/mol. The summed E-state index contributed by atoms with van der Waals surface area (Å²) in [5, 5.41) is 0.713. The summed E-state index contributed by atoms with van der Waals surface area (Å²) in [5.74, 6) is 0.114. The number of carbonyl (C=O) groups is 2. The number of imide groups is 1. The predicted molar refractivity (Wildman–Crippen MR) is 102 cm³/mol. The molecular formula is C21H16ClNO2S. The Kier molecular flexibility index (Phi) is 3.73. The van der Waals surface area contributed by atoms with Crippen LogP contribution in [-0.2, 0) is 9.59 Å². The van der Waals surface area contributed by atoms with Gasteiger partial charge < -0.3 is 0 Å². The summed E-state index contributed by atoms with van der Waals surface area (Å²) in [7, 11) is 0. The molecule has 2 aromatic rings. The van der Waals surface area contributed by atoms with Crippen LogP contribution in [0.5, 0.6) is 0 Å². The maximum absolute atomic E-state index is 12.8. The first kappa shape index (κ1) is 16.2. The molecule has 2 fully saturated rings. The molecule has 0 radical (unpaired) electrons. The van der Waals surface area contributed by atoms with Gasteiger partial charge in [0.05, 0.1) is 17.5 Å². The minimum Gasteiger partial charge on any atom is -0.274 e. The Morgan fingerprint density at radius 1 is 0.808 bits per heavy atom. The minimum atomic E-state index is -0.152. The molecule has 1 saturated carbocycles. The fourth-order valence-corrected chi connectivity index (χ4v) is 5.40. The van der Waals surface area contributed by atoms with Gasteiger partial charge in [0.15, 0.2) is 0 Å². The maximum atomic E-state index is 12.8. The number of fused-ring (bicyclic) bond motifs is 5. The van der Waals surface area contributed by atoms with Gasteiger partial charge >= 0.3 is 0 Å². The van der Waals surface area contributed by atoms with Gasteiger partial charge in [0.1, 0.15) is 0 Å². The normalized spacial score (nSPS) is 28.9. The fraction of sp³-hybridized carbons (Fsp3) is 0.238. The van der Waals surface area contributed by atoms with Gasteiger partial charge in [-0.25, -0.2) is 0 Å². The maximum Gasteiger partial charge on any atom is 0.238 e. The van der Waals surface area contributed by atoms with Crippen LogP contribution in [-0.4, -0.2) is 11.8 Å². The van der Waals surface area contributed by atoms with Crippen molar-refractivity contribution in [2.24, 2.45) is 23.7 Å². The van der Waals surface area contributed by atoms with E-state index in [4.69, 9.17) is 11.6 Å². The number of halogens is 1. The van der Waals surface area contributed by atoms with Crippen LogP contribution < -0.4 is 4.90 Å². The number of carbonyl (C=O) groups excluding carboxylic acids is 2. The van der Waals surface area contributed by atoms with Gasteiger partial charge in [-0.3, -0.25) is 14.5 Å². The van der Waals surface area contributed by atoms with Crippen LogP contribution in [0.1, 0.15) is 6.42 Å². The van der Waals surface area contributed by atoms with E-state index in [2.05, 4.69) is 12.2 Å². The first-order valence-electron chi connectivity index (χ1n) is 8.71. The van der Waals surface area contributed by atoms with E-state index in [-0.39, 0.29) is 35.5 Å².